The molecule has 5 nitrogen and oxygen atoms in total. The first kappa shape index (κ1) is 22.1. The summed E-state index contributed by atoms with van der Waals surface area (Å²) in [5.41, 5.74) is 3.07. The third kappa shape index (κ3) is 5.02. The number of ether oxygens (including phenoxy) is 1. The van der Waals surface area contributed by atoms with Crippen LogP contribution in [0.15, 0.2) is 66.0 Å². The molecule has 1 aliphatic rings. The van der Waals surface area contributed by atoms with Crippen molar-refractivity contribution in [1.82, 2.24) is 5.32 Å². The van der Waals surface area contributed by atoms with Crippen molar-refractivity contribution < 1.29 is 14.3 Å². The van der Waals surface area contributed by atoms with Crippen molar-refractivity contribution >= 4 is 28.8 Å². The van der Waals surface area contributed by atoms with Crippen molar-refractivity contribution in [2.24, 2.45) is 0 Å². The maximum Gasteiger partial charge on any atom is 0.227 e. The van der Waals surface area contributed by atoms with Gasteiger partial charge in [0.05, 0.1) is 18.3 Å². The molecule has 1 aliphatic heterocycles. The number of rotatable bonds is 7. The van der Waals surface area contributed by atoms with Gasteiger partial charge in [-0.25, -0.2) is 0 Å². The fraction of sp³-hybridized carbons (Fsp3) is 0.308. The highest BCUT2D eigenvalue weighted by molar-refractivity contribution is 7.10. The molecule has 2 heterocycles. The summed E-state index contributed by atoms with van der Waals surface area (Å²) < 4.78 is 5.62. The lowest BCUT2D eigenvalue weighted by molar-refractivity contribution is -0.125. The first-order chi connectivity index (χ1) is 15.5. The van der Waals surface area contributed by atoms with Gasteiger partial charge in [0.2, 0.25) is 11.8 Å². The van der Waals surface area contributed by atoms with Crippen LogP contribution in [0.4, 0.5) is 5.69 Å². The zero-order chi connectivity index (χ0) is 22.5. The van der Waals surface area contributed by atoms with Gasteiger partial charge in [-0.1, -0.05) is 56.3 Å². The van der Waals surface area contributed by atoms with Crippen LogP contribution in [-0.4, -0.2) is 25.0 Å². The van der Waals surface area contributed by atoms with Crippen LogP contribution >= 0.6 is 11.3 Å². The normalized spacial score (nSPS) is 13.9. The molecule has 0 spiro atoms. The first-order valence-electron chi connectivity index (χ1n) is 11.0. The topological polar surface area (TPSA) is 58.6 Å². The molecule has 1 atom stereocenters. The number of thiophene rings is 1. The summed E-state index contributed by atoms with van der Waals surface area (Å²) in [7, 11) is 0. The maximum atomic E-state index is 12.8. The number of benzene rings is 2. The van der Waals surface area contributed by atoms with Gasteiger partial charge in [0.15, 0.2) is 0 Å². The quantitative estimate of drug-likeness (QED) is 0.535. The average Bonchev–Trinajstić information content (AvgIpc) is 3.35. The Morgan fingerprint density at radius 1 is 1.00 bits per heavy atom. The summed E-state index contributed by atoms with van der Waals surface area (Å²) >= 11 is 1.61. The zero-order valence-electron chi connectivity index (χ0n) is 18.4. The minimum atomic E-state index is -0.220. The average molecular weight is 449 g/mol. The molecular weight excluding hydrogens is 420 g/mol. The summed E-state index contributed by atoms with van der Waals surface area (Å²) in [6, 6.07) is 19.7. The van der Waals surface area contributed by atoms with Crippen LogP contribution in [0.1, 0.15) is 54.7 Å². The second kappa shape index (κ2) is 10.0. The molecule has 3 aromatic rings. The number of amides is 2. The van der Waals surface area contributed by atoms with Gasteiger partial charge < -0.3 is 15.0 Å². The zero-order valence-corrected chi connectivity index (χ0v) is 19.2. The largest absolute Gasteiger partial charge is 0.490 e. The first-order valence-corrected chi connectivity index (χ1v) is 11.9. The van der Waals surface area contributed by atoms with Gasteiger partial charge >= 0.3 is 0 Å². The van der Waals surface area contributed by atoms with E-state index in [4.69, 9.17) is 4.74 Å². The van der Waals surface area contributed by atoms with Crippen molar-refractivity contribution in [1.29, 1.82) is 0 Å². The minimum Gasteiger partial charge on any atom is -0.490 e. The van der Waals surface area contributed by atoms with Crippen LogP contribution in [0.3, 0.4) is 0 Å². The fourth-order valence-electron chi connectivity index (χ4n) is 3.86. The Morgan fingerprint density at radius 2 is 1.75 bits per heavy atom. The standard InChI is InChI=1S/C26H28N2O3S/c1-18(2)19-9-11-20(12-10-19)26(23-8-5-17-32-23)27-24(29)13-14-25(30)28-15-16-31-22-7-4-3-6-21(22)28/h3-12,17-18,26H,13-16H2,1-2H3,(H,27,29). The lowest BCUT2D eigenvalue weighted by Gasteiger charge is -2.29. The van der Waals surface area contributed by atoms with Crippen LogP contribution in [0, 0.1) is 0 Å². The number of anilines is 1. The summed E-state index contributed by atoms with van der Waals surface area (Å²) in [5, 5.41) is 5.15. The van der Waals surface area contributed by atoms with E-state index in [9.17, 15) is 9.59 Å². The summed E-state index contributed by atoms with van der Waals surface area (Å²) in [6.07, 6.45) is 0.300. The van der Waals surface area contributed by atoms with E-state index < -0.39 is 0 Å². The van der Waals surface area contributed by atoms with E-state index in [1.807, 2.05) is 41.8 Å². The van der Waals surface area contributed by atoms with Crippen LogP contribution < -0.4 is 15.0 Å². The molecule has 32 heavy (non-hydrogen) atoms. The molecule has 0 aliphatic carbocycles. The SMILES string of the molecule is CC(C)c1ccc(C(NC(=O)CCC(=O)N2CCOc3ccccc32)c2cccs2)cc1. The number of carbonyl (C=O) groups excluding carboxylic acids is 2. The van der Waals surface area contributed by atoms with E-state index in [-0.39, 0.29) is 30.7 Å². The third-order valence-corrected chi connectivity index (χ3v) is 6.60. The van der Waals surface area contributed by atoms with Gasteiger partial charge in [-0.05, 0) is 40.6 Å². The molecule has 1 unspecified atom stereocenters. The Morgan fingerprint density at radius 3 is 2.47 bits per heavy atom. The van der Waals surface area contributed by atoms with Gasteiger partial charge in [-0.15, -0.1) is 11.3 Å². The van der Waals surface area contributed by atoms with Crippen LogP contribution in [0.25, 0.3) is 0 Å². The Bertz CT molecular complexity index is 1060. The number of nitrogens with zero attached hydrogens (tertiary/aromatic N) is 1. The summed E-state index contributed by atoms with van der Waals surface area (Å²) in [5.74, 6) is 0.963. The molecule has 0 fully saturated rings. The monoisotopic (exact) mass is 448 g/mol. The predicted molar refractivity (Wildman–Crippen MR) is 128 cm³/mol. The predicted octanol–water partition coefficient (Wildman–Crippen LogP) is 5.28. The number of hydrogen-bond donors (Lipinski definition) is 1. The van der Waals surface area contributed by atoms with Crippen molar-refractivity contribution in [2.75, 3.05) is 18.1 Å². The molecular formula is C26H28N2O3S. The van der Waals surface area contributed by atoms with E-state index in [1.54, 1.807) is 16.2 Å². The maximum absolute atomic E-state index is 12.8. The molecule has 0 saturated heterocycles. The van der Waals surface area contributed by atoms with Gasteiger partial charge in [0, 0.05) is 17.7 Å². The van der Waals surface area contributed by atoms with Crippen molar-refractivity contribution in [2.45, 2.75) is 38.6 Å². The van der Waals surface area contributed by atoms with Gasteiger partial charge in [0.25, 0.3) is 0 Å². The molecule has 2 aromatic carbocycles. The van der Waals surface area contributed by atoms with E-state index in [1.165, 1.54) is 5.56 Å². The Hall–Kier alpha value is -3.12. The van der Waals surface area contributed by atoms with Crippen LogP contribution in [0.5, 0.6) is 5.75 Å². The molecule has 4 rings (SSSR count). The van der Waals surface area contributed by atoms with E-state index in [2.05, 4.69) is 43.4 Å². The number of nitrogens with one attached hydrogen (secondary N) is 1. The molecule has 0 saturated carbocycles. The van der Waals surface area contributed by atoms with Crippen molar-refractivity contribution in [3.05, 3.63) is 82.0 Å². The second-order valence-electron chi connectivity index (χ2n) is 8.20. The van der Waals surface area contributed by atoms with Crippen LogP contribution in [-0.2, 0) is 9.59 Å². The molecule has 2 amide bonds. The van der Waals surface area contributed by atoms with E-state index >= 15 is 0 Å². The van der Waals surface area contributed by atoms with E-state index in [0.717, 1.165) is 16.1 Å². The molecule has 0 bridgehead atoms. The number of carbonyl (C=O) groups is 2. The van der Waals surface area contributed by atoms with E-state index in [0.29, 0.717) is 24.8 Å². The third-order valence-electron chi connectivity index (χ3n) is 5.66. The second-order valence-corrected chi connectivity index (χ2v) is 9.18. The summed E-state index contributed by atoms with van der Waals surface area (Å²) in [4.78, 5) is 28.5. The fourth-order valence-corrected chi connectivity index (χ4v) is 4.67. The Kier molecular flexibility index (Phi) is 6.90. The number of hydrogen-bond acceptors (Lipinski definition) is 4. The number of para-hydroxylation sites is 2. The van der Waals surface area contributed by atoms with Gasteiger partial charge in [-0.3, -0.25) is 9.59 Å². The molecule has 1 aromatic heterocycles. The van der Waals surface area contributed by atoms with Crippen molar-refractivity contribution in [3.8, 4) is 5.75 Å². The van der Waals surface area contributed by atoms with Gasteiger partial charge in [0.1, 0.15) is 12.4 Å². The summed E-state index contributed by atoms with van der Waals surface area (Å²) in [6.45, 7) is 5.29. The number of fused-ring (bicyclic) bond motifs is 1. The van der Waals surface area contributed by atoms with Crippen molar-refractivity contribution in [3.63, 3.8) is 0 Å². The highest BCUT2D eigenvalue weighted by atomic mass is 32.1. The lowest BCUT2D eigenvalue weighted by atomic mass is 9.98. The molecule has 1 N–H and O–H groups in total. The minimum absolute atomic E-state index is 0.0649. The Labute approximate surface area is 193 Å². The van der Waals surface area contributed by atoms with Crippen LogP contribution in [0.2, 0.25) is 0 Å². The Balaban J connectivity index is 1.41. The lowest BCUT2D eigenvalue weighted by Crippen LogP contribution is -2.38. The molecule has 0 radical (unpaired) electrons. The highest BCUT2D eigenvalue weighted by Gasteiger charge is 2.24. The smallest absolute Gasteiger partial charge is 0.227 e. The molecule has 166 valence electrons. The molecule has 6 heteroatoms. The highest BCUT2D eigenvalue weighted by Crippen LogP contribution is 2.32. The van der Waals surface area contributed by atoms with Gasteiger partial charge in [-0.2, -0.15) is 0 Å².